The van der Waals surface area contributed by atoms with Gasteiger partial charge >= 0.3 is 6.03 Å². The summed E-state index contributed by atoms with van der Waals surface area (Å²) in [4.78, 5) is 13.4. The lowest BCUT2D eigenvalue weighted by Gasteiger charge is -2.21. The van der Waals surface area contributed by atoms with Gasteiger partial charge < -0.3 is 15.5 Å². The lowest BCUT2D eigenvalue weighted by Crippen LogP contribution is -2.38. The molecule has 0 spiro atoms. The molecule has 0 saturated carbocycles. The number of urea groups is 1. The average Bonchev–Trinajstić information content (AvgIpc) is 2.78. The largest absolute Gasteiger partial charge is 0.333 e. The lowest BCUT2D eigenvalue weighted by molar-refractivity contribution is 0.203. The van der Waals surface area contributed by atoms with Crippen LogP contribution in [0.3, 0.4) is 0 Å². The summed E-state index contributed by atoms with van der Waals surface area (Å²) in [6, 6.07) is -0.106. The highest BCUT2D eigenvalue weighted by Gasteiger charge is 2.39. The minimum atomic E-state index is -2.92. The summed E-state index contributed by atoms with van der Waals surface area (Å²) in [6.07, 6.45) is 1.45. The van der Waals surface area contributed by atoms with E-state index in [1.165, 1.54) is 0 Å². The molecule has 2 aliphatic heterocycles. The van der Waals surface area contributed by atoms with E-state index < -0.39 is 9.84 Å². The SMILES string of the molecule is CNCCC1CN(C2CCS(=O)(=O)C2)C(=O)N1. The Kier molecular flexibility index (Phi) is 3.58. The Morgan fingerprint density at radius 1 is 1.53 bits per heavy atom. The van der Waals surface area contributed by atoms with Gasteiger partial charge in [-0.05, 0) is 26.4 Å². The molecule has 0 aliphatic carbocycles. The summed E-state index contributed by atoms with van der Waals surface area (Å²) in [5.41, 5.74) is 0. The van der Waals surface area contributed by atoms with Crippen molar-refractivity contribution in [3.63, 3.8) is 0 Å². The summed E-state index contributed by atoms with van der Waals surface area (Å²) in [5.74, 6) is 0.335. The van der Waals surface area contributed by atoms with E-state index >= 15 is 0 Å². The summed E-state index contributed by atoms with van der Waals surface area (Å²) >= 11 is 0. The van der Waals surface area contributed by atoms with Gasteiger partial charge in [0, 0.05) is 18.6 Å². The second-order valence-electron chi connectivity index (χ2n) is 4.75. The maximum Gasteiger partial charge on any atom is 0.318 e. The molecule has 2 unspecified atom stereocenters. The van der Waals surface area contributed by atoms with Crippen LogP contribution in [0.1, 0.15) is 12.8 Å². The zero-order chi connectivity index (χ0) is 12.5. The number of hydrogen-bond donors (Lipinski definition) is 2. The van der Waals surface area contributed by atoms with Crippen LogP contribution in [-0.2, 0) is 9.84 Å². The highest BCUT2D eigenvalue weighted by Crippen LogP contribution is 2.21. The molecule has 7 heteroatoms. The minimum Gasteiger partial charge on any atom is -0.333 e. The van der Waals surface area contributed by atoms with E-state index in [1.807, 2.05) is 7.05 Å². The quantitative estimate of drug-likeness (QED) is 0.693. The number of amides is 2. The first-order valence-corrected chi connectivity index (χ1v) is 7.76. The molecule has 0 aromatic rings. The Bertz CT molecular complexity index is 396. The molecule has 0 bridgehead atoms. The zero-order valence-electron chi connectivity index (χ0n) is 9.98. The Hall–Kier alpha value is -0.820. The highest BCUT2D eigenvalue weighted by atomic mass is 32.2. The molecule has 2 amide bonds. The van der Waals surface area contributed by atoms with Crippen molar-refractivity contribution in [2.45, 2.75) is 24.9 Å². The van der Waals surface area contributed by atoms with E-state index in [-0.39, 0.29) is 29.6 Å². The van der Waals surface area contributed by atoms with E-state index in [1.54, 1.807) is 4.90 Å². The van der Waals surface area contributed by atoms with Gasteiger partial charge in [-0.3, -0.25) is 0 Å². The van der Waals surface area contributed by atoms with Crippen LogP contribution in [0.15, 0.2) is 0 Å². The number of sulfone groups is 1. The van der Waals surface area contributed by atoms with Crippen LogP contribution in [0.2, 0.25) is 0 Å². The van der Waals surface area contributed by atoms with Gasteiger partial charge in [0.05, 0.1) is 11.5 Å². The fraction of sp³-hybridized carbons (Fsp3) is 0.900. The van der Waals surface area contributed by atoms with Crippen LogP contribution in [0.5, 0.6) is 0 Å². The minimum absolute atomic E-state index is 0.117. The van der Waals surface area contributed by atoms with Gasteiger partial charge in [-0.15, -0.1) is 0 Å². The van der Waals surface area contributed by atoms with Gasteiger partial charge in [0.1, 0.15) is 0 Å². The van der Waals surface area contributed by atoms with E-state index in [9.17, 15) is 13.2 Å². The van der Waals surface area contributed by atoms with Crippen molar-refractivity contribution in [2.75, 3.05) is 31.6 Å². The van der Waals surface area contributed by atoms with E-state index in [0.717, 1.165) is 13.0 Å². The Balaban J connectivity index is 1.92. The van der Waals surface area contributed by atoms with Crippen molar-refractivity contribution < 1.29 is 13.2 Å². The summed E-state index contributed by atoms with van der Waals surface area (Å²) in [5, 5.41) is 5.94. The monoisotopic (exact) mass is 261 g/mol. The van der Waals surface area contributed by atoms with Crippen LogP contribution in [0.4, 0.5) is 4.79 Å². The third-order valence-corrected chi connectivity index (χ3v) is 5.15. The number of nitrogens with one attached hydrogen (secondary N) is 2. The first-order valence-electron chi connectivity index (χ1n) is 5.94. The third kappa shape index (κ3) is 2.90. The standard InChI is InChI=1S/C10H19N3O3S/c1-11-4-2-8-6-13(10(14)12-8)9-3-5-17(15,16)7-9/h8-9,11H,2-7H2,1H3,(H,12,14). The molecule has 2 rings (SSSR count). The maximum atomic E-state index is 11.7. The molecule has 98 valence electrons. The normalized spacial score (nSPS) is 31.8. The van der Waals surface area contributed by atoms with Gasteiger partial charge in [-0.25, -0.2) is 13.2 Å². The second-order valence-corrected chi connectivity index (χ2v) is 6.98. The number of rotatable bonds is 4. The van der Waals surface area contributed by atoms with Gasteiger partial charge in [-0.1, -0.05) is 0 Å². The third-order valence-electron chi connectivity index (χ3n) is 3.40. The molecule has 0 radical (unpaired) electrons. The van der Waals surface area contributed by atoms with Crippen molar-refractivity contribution in [1.82, 2.24) is 15.5 Å². The molecular weight excluding hydrogens is 242 g/mol. The van der Waals surface area contributed by atoms with E-state index in [4.69, 9.17) is 0 Å². The molecule has 0 aromatic carbocycles. The van der Waals surface area contributed by atoms with Crippen LogP contribution in [-0.4, -0.2) is 63.1 Å². The summed E-state index contributed by atoms with van der Waals surface area (Å²) in [6.45, 7) is 1.47. The molecule has 17 heavy (non-hydrogen) atoms. The molecule has 2 saturated heterocycles. The molecule has 2 fully saturated rings. The maximum absolute atomic E-state index is 11.7. The van der Waals surface area contributed by atoms with Crippen LogP contribution in [0, 0.1) is 0 Å². The number of nitrogens with zero attached hydrogens (tertiary/aromatic N) is 1. The average molecular weight is 261 g/mol. The first kappa shape index (κ1) is 12.6. The fourth-order valence-electron chi connectivity index (χ4n) is 2.44. The van der Waals surface area contributed by atoms with Crippen molar-refractivity contribution >= 4 is 15.9 Å². The van der Waals surface area contributed by atoms with Gasteiger partial charge in [0.2, 0.25) is 0 Å². The molecule has 6 nitrogen and oxygen atoms in total. The summed E-state index contributed by atoms with van der Waals surface area (Å²) < 4.78 is 22.8. The van der Waals surface area contributed by atoms with Crippen molar-refractivity contribution in [3.05, 3.63) is 0 Å². The topological polar surface area (TPSA) is 78.5 Å². The smallest absolute Gasteiger partial charge is 0.318 e. The molecular formula is C10H19N3O3S. The molecule has 0 aromatic heterocycles. The van der Waals surface area contributed by atoms with Gasteiger partial charge in [0.15, 0.2) is 9.84 Å². The second kappa shape index (κ2) is 4.81. The summed E-state index contributed by atoms with van der Waals surface area (Å²) in [7, 11) is -1.05. The van der Waals surface area contributed by atoms with Gasteiger partial charge in [-0.2, -0.15) is 0 Å². The zero-order valence-corrected chi connectivity index (χ0v) is 10.8. The molecule has 2 N–H and O–H groups in total. The number of hydrogen-bond acceptors (Lipinski definition) is 4. The van der Waals surface area contributed by atoms with Crippen LogP contribution in [0.25, 0.3) is 0 Å². The van der Waals surface area contributed by atoms with Crippen molar-refractivity contribution in [1.29, 1.82) is 0 Å². The predicted octanol–water partition coefficient (Wildman–Crippen LogP) is -0.823. The number of carbonyl (C=O) groups excluding carboxylic acids is 1. The van der Waals surface area contributed by atoms with E-state index in [0.29, 0.717) is 13.0 Å². The van der Waals surface area contributed by atoms with Crippen molar-refractivity contribution in [2.24, 2.45) is 0 Å². The molecule has 2 aliphatic rings. The van der Waals surface area contributed by atoms with Gasteiger partial charge in [0.25, 0.3) is 0 Å². The Labute approximate surface area is 102 Å². The van der Waals surface area contributed by atoms with Crippen molar-refractivity contribution in [3.8, 4) is 0 Å². The highest BCUT2D eigenvalue weighted by molar-refractivity contribution is 7.91. The van der Waals surface area contributed by atoms with Crippen LogP contribution < -0.4 is 10.6 Å². The lowest BCUT2D eigenvalue weighted by atomic mass is 10.2. The first-order chi connectivity index (χ1) is 8.02. The Morgan fingerprint density at radius 2 is 2.29 bits per heavy atom. The molecule has 2 heterocycles. The Morgan fingerprint density at radius 3 is 2.88 bits per heavy atom. The fourth-order valence-corrected chi connectivity index (χ4v) is 4.17. The predicted molar refractivity (Wildman–Crippen MR) is 64.6 cm³/mol. The number of carbonyl (C=O) groups is 1. The van der Waals surface area contributed by atoms with E-state index in [2.05, 4.69) is 10.6 Å². The van der Waals surface area contributed by atoms with Crippen LogP contribution >= 0.6 is 0 Å². The molecule has 2 atom stereocenters.